The van der Waals surface area contributed by atoms with Crippen LogP contribution in [0.15, 0.2) is 23.4 Å². The molecule has 0 spiro atoms. The first-order valence-electron chi connectivity index (χ1n) is 6.09. The maximum atomic E-state index is 11.3. The Kier molecular flexibility index (Phi) is 6.10. The van der Waals surface area contributed by atoms with Crippen LogP contribution >= 0.6 is 23.4 Å². The summed E-state index contributed by atoms with van der Waals surface area (Å²) in [4.78, 5) is 15.5. The van der Waals surface area contributed by atoms with E-state index in [9.17, 15) is 9.90 Å². The van der Waals surface area contributed by atoms with Crippen LogP contribution in [0.2, 0.25) is 5.02 Å². The molecular weight excluding hydrogens is 284 g/mol. The molecule has 1 aromatic heterocycles. The summed E-state index contributed by atoms with van der Waals surface area (Å²) in [5, 5.41) is 13.9. The number of nitrogens with one attached hydrogen (secondary N) is 1. The van der Waals surface area contributed by atoms with Gasteiger partial charge in [-0.05, 0) is 39.3 Å². The molecule has 106 valence electrons. The number of pyridine rings is 1. The fourth-order valence-electron chi connectivity index (χ4n) is 1.69. The van der Waals surface area contributed by atoms with Crippen molar-refractivity contribution in [3.05, 3.63) is 23.4 Å². The molecule has 19 heavy (non-hydrogen) atoms. The van der Waals surface area contributed by atoms with Gasteiger partial charge in [0, 0.05) is 18.0 Å². The molecule has 0 amide bonds. The SMILES string of the molecule is CC(C)NC(C)(CCSc1ccc(Cl)cn1)C(=O)O. The highest BCUT2D eigenvalue weighted by molar-refractivity contribution is 7.99. The highest BCUT2D eigenvalue weighted by atomic mass is 35.5. The lowest BCUT2D eigenvalue weighted by Crippen LogP contribution is -2.52. The number of thioether (sulfide) groups is 1. The molecule has 1 rings (SSSR count). The highest BCUT2D eigenvalue weighted by Gasteiger charge is 2.32. The number of hydrogen-bond acceptors (Lipinski definition) is 4. The number of nitrogens with zero attached hydrogens (tertiary/aromatic N) is 1. The third-order valence-electron chi connectivity index (χ3n) is 2.63. The largest absolute Gasteiger partial charge is 0.480 e. The average Bonchev–Trinajstić information content (AvgIpc) is 2.30. The van der Waals surface area contributed by atoms with Crippen LogP contribution in [0.4, 0.5) is 0 Å². The Labute approximate surface area is 123 Å². The van der Waals surface area contributed by atoms with Gasteiger partial charge in [-0.2, -0.15) is 0 Å². The van der Waals surface area contributed by atoms with Crippen molar-refractivity contribution in [3.63, 3.8) is 0 Å². The van der Waals surface area contributed by atoms with Gasteiger partial charge in [0.1, 0.15) is 5.54 Å². The number of carboxylic acids is 1. The van der Waals surface area contributed by atoms with Crippen molar-refractivity contribution in [1.82, 2.24) is 10.3 Å². The Hall–Kier alpha value is -0.780. The molecule has 0 aliphatic rings. The molecule has 0 aliphatic heterocycles. The molecule has 0 saturated carbocycles. The van der Waals surface area contributed by atoms with E-state index in [-0.39, 0.29) is 6.04 Å². The van der Waals surface area contributed by atoms with Crippen LogP contribution in [-0.4, -0.2) is 33.4 Å². The van der Waals surface area contributed by atoms with Crippen LogP contribution in [0.1, 0.15) is 27.2 Å². The van der Waals surface area contributed by atoms with Crippen molar-refractivity contribution in [1.29, 1.82) is 0 Å². The molecule has 1 atom stereocenters. The van der Waals surface area contributed by atoms with Crippen molar-refractivity contribution >= 4 is 29.3 Å². The molecule has 0 radical (unpaired) electrons. The van der Waals surface area contributed by atoms with E-state index >= 15 is 0 Å². The molecule has 6 heteroatoms. The molecule has 0 fully saturated rings. The van der Waals surface area contributed by atoms with Gasteiger partial charge in [-0.15, -0.1) is 11.8 Å². The maximum absolute atomic E-state index is 11.3. The van der Waals surface area contributed by atoms with Crippen molar-refractivity contribution in [2.24, 2.45) is 0 Å². The quantitative estimate of drug-likeness (QED) is 0.758. The van der Waals surface area contributed by atoms with Gasteiger partial charge in [-0.25, -0.2) is 4.98 Å². The number of carboxylic acid groups (broad SMARTS) is 1. The van der Waals surface area contributed by atoms with Crippen LogP contribution in [0.25, 0.3) is 0 Å². The smallest absolute Gasteiger partial charge is 0.323 e. The van der Waals surface area contributed by atoms with E-state index in [4.69, 9.17) is 11.6 Å². The minimum absolute atomic E-state index is 0.125. The van der Waals surface area contributed by atoms with Crippen LogP contribution in [-0.2, 0) is 4.79 Å². The molecule has 0 bridgehead atoms. The van der Waals surface area contributed by atoms with Crippen LogP contribution in [0, 0.1) is 0 Å². The van der Waals surface area contributed by atoms with Gasteiger partial charge in [-0.3, -0.25) is 10.1 Å². The fourth-order valence-corrected chi connectivity index (χ4v) is 2.81. The topological polar surface area (TPSA) is 62.2 Å². The summed E-state index contributed by atoms with van der Waals surface area (Å²) in [6.45, 7) is 5.59. The predicted octanol–water partition coefficient (Wildman–Crippen LogP) is 3.06. The standard InChI is InChI=1S/C13H19ClN2O2S/c1-9(2)16-13(3,12(17)18)6-7-19-11-5-4-10(14)8-15-11/h4-5,8-9,16H,6-7H2,1-3H3,(H,17,18). The number of aliphatic carboxylic acids is 1. The number of rotatable bonds is 7. The monoisotopic (exact) mass is 302 g/mol. The fraction of sp³-hybridized carbons (Fsp3) is 0.538. The van der Waals surface area contributed by atoms with E-state index in [1.54, 1.807) is 19.2 Å². The minimum atomic E-state index is -0.909. The zero-order valence-electron chi connectivity index (χ0n) is 11.3. The number of hydrogen-bond donors (Lipinski definition) is 2. The predicted molar refractivity (Wildman–Crippen MR) is 78.9 cm³/mol. The summed E-state index contributed by atoms with van der Waals surface area (Å²) >= 11 is 7.29. The first-order chi connectivity index (χ1) is 8.83. The van der Waals surface area contributed by atoms with Crippen molar-refractivity contribution in [3.8, 4) is 0 Å². The molecule has 0 aliphatic carbocycles. The van der Waals surface area contributed by atoms with E-state index in [1.807, 2.05) is 19.9 Å². The van der Waals surface area contributed by atoms with E-state index in [0.29, 0.717) is 17.2 Å². The van der Waals surface area contributed by atoms with E-state index in [1.165, 1.54) is 11.8 Å². The summed E-state index contributed by atoms with van der Waals surface area (Å²) < 4.78 is 0. The second-order valence-electron chi connectivity index (χ2n) is 4.85. The second-order valence-corrected chi connectivity index (χ2v) is 6.40. The van der Waals surface area contributed by atoms with Crippen LogP contribution in [0.5, 0.6) is 0 Å². The van der Waals surface area contributed by atoms with Gasteiger partial charge in [0.15, 0.2) is 0 Å². The average molecular weight is 303 g/mol. The van der Waals surface area contributed by atoms with Crippen LogP contribution < -0.4 is 5.32 Å². The van der Waals surface area contributed by atoms with Gasteiger partial charge in [0.25, 0.3) is 0 Å². The highest BCUT2D eigenvalue weighted by Crippen LogP contribution is 2.22. The van der Waals surface area contributed by atoms with Gasteiger partial charge >= 0.3 is 5.97 Å². The molecule has 4 nitrogen and oxygen atoms in total. The van der Waals surface area contributed by atoms with Gasteiger partial charge in [-0.1, -0.05) is 11.6 Å². The third kappa shape index (κ3) is 5.38. The lowest BCUT2D eigenvalue weighted by molar-refractivity contribution is -0.144. The van der Waals surface area contributed by atoms with Gasteiger partial charge in [0.05, 0.1) is 10.0 Å². The van der Waals surface area contributed by atoms with Crippen molar-refractivity contribution < 1.29 is 9.90 Å². The summed E-state index contributed by atoms with van der Waals surface area (Å²) in [6.07, 6.45) is 2.11. The Balaban J connectivity index is 2.53. The summed E-state index contributed by atoms with van der Waals surface area (Å²) in [5.41, 5.74) is -0.909. The molecule has 0 saturated heterocycles. The van der Waals surface area contributed by atoms with Crippen LogP contribution in [0.3, 0.4) is 0 Å². The lowest BCUT2D eigenvalue weighted by atomic mass is 9.98. The first kappa shape index (κ1) is 16.3. The molecule has 1 heterocycles. The van der Waals surface area contributed by atoms with E-state index in [0.717, 1.165) is 5.03 Å². The maximum Gasteiger partial charge on any atom is 0.323 e. The van der Waals surface area contributed by atoms with Crippen molar-refractivity contribution in [2.45, 2.75) is 43.8 Å². The molecule has 1 aromatic rings. The second kappa shape index (κ2) is 7.12. The van der Waals surface area contributed by atoms with E-state index < -0.39 is 11.5 Å². The van der Waals surface area contributed by atoms with Crippen molar-refractivity contribution in [2.75, 3.05) is 5.75 Å². The zero-order chi connectivity index (χ0) is 14.5. The summed E-state index contributed by atoms with van der Waals surface area (Å²) in [5.74, 6) is -0.150. The summed E-state index contributed by atoms with van der Waals surface area (Å²) in [6, 6.07) is 3.74. The number of carbonyl (C=O) groups is 1. The van der Waals surface area contributed by atoms with Gasteiger partial charge in [0.2, 0.25) is 0 Å². The minimum Gasteiger partial charge on any atom is -0.480 e. The Morgan fingerprint density at radius 1 is 1.58 bits per heavy atom. The molecule has 0 aromatic carbocycles. The molecule has 1 unspecified atom stereocenters. The lowest BCUT2D eigenvalue weighted by Gasteiger charge is -2.28. The Morgan fingerprint density at radius 2 is 2.26 bits per heavy atom. The molecular formula is C13H19ClN2O2S. The molecule has 2 N–H and O–H groups in total. The number of aromatic nitrogens is 1. The Bertz CT molecular complexity index is 425. The normalized spacial score (nSPS) is 14.4. The first-order valence-corrected chi connectivity index (χ1v) is 7.45. The zero-order valence-corrected chi connectivity index (χ0v) is 12.9. The van der Waals surface area contributed by atoms with E-state index in [2.05, 4.69) is 10.3 Å². The third-order valence-corrected chi connectivity index (χ3v) is 3.80. The number of halogens is 1. The van der Waals surface area contributed by atoms with Gasteiger partial charge < -0.3 is 5.11 Å². The summed E-state index contributed by atoms with van der Waals surface area (Å²) in [7, 11) is 0. The Morgan fingerprint density at radius 3 is 2.74 bits per heavy atom.